The van der Waals surface area contributed by atoms with Gasteiger partial charge in [-0.3, -0.25) is 4.79 Å². The van der Waals surface area contributed by atoms with Crippen LogP contribution >= 0.6 is 11.3 Å². The topological polar surface area (TPSA) is 99.3 Å². The van der Waals surface area contributed by atoms with Gasteiger partial charge in [-0.05, 0) is 11.1 Å². The zero-order valence-electron chi connectivity index (χ0n) is 10.5. The number of rotatable bonds is 6. The number of hydrogen-bond donors (Lipinski definition) is 3. The predicted octanol–water partition coefficient (Wildman–Crippen LogP) is 0.548. The SMILES string of the molecule is O=c1[nH]c(CNS(=O)(=O)Cc2cccc(CO)c2)cs1. The highest BCUT2D eigenvalue weighted by Crippen LogP contribution is 2.09. The summed E-state index contributed by atoms with van der Waals surface area (Å²) in [7, 11) is -3.50. The maximum Gasteiger partial charge on any atom is 0.304 e. The molecule has 0 aliphatic heterocycles. The molecule has 0 saturated carbocycles. The second-order valence-corrected chi connectivity index (χ2v) is 6.88. The van der Waals surface area contributed by atoms with Crippen molar-refractivity contribution in [2.24, 2.45) is 0 Å². The van der Waals surface area contributed by atoms with Crippen LogP contribution < -0.4 is 9.60 Å². The number of nitrogens with one attached hydrogen (secondary N) is 2. The minimum absolute atomic E-state index is 0.0563. The molecule has 108 valence electrons. The Morgan fingerprint density at radius 2 is 2.05 bits per heavy atom. The Morgan fingerprint density at radius 1 is 1.30 bits per heavy atom. The summed E-state index contributed by atoms with van der Waals surface area (Å²) in [5, 5.41) is 10.6. The molecule has 0 aliphatic rings. The molecule has 6 nitrogen and oxygen atoms in total. The van der Waals surface area contributed by atoms with E-state index in [0.29, 0.717) is 16.8 Å². The molecule has 0 radical (unpaired) electrons. The third kappa shape index (κ3) is 4.27. The summed E-state index contributed by atoms with van der Waals surface area (Å²) in [4.78, 5) is 13.3. The highest BCUT2D eigenvalue weighted by Gasteiger charge is 2.12. The van der Waals surface area contributed by atoms with E-state index in [-0.39, 0.29) is 23.8 Å². The van der Waals surface area contributed by atoms with Gasteiger partial charge in [-0.1, -0.05) is 35.6 Å². The van der Waals surface area contributed by atoms with Crippen LogP contribution in [0.25, 0.3) is 0 Å². The van der Waals surface area contributed by atoms with Crippen molar-refractivity contribution in [2.45, 2.75) is 18.9 Å². The summed E-state index contributed by atoms with van der Waals surface area (Å²) in [6, 6.07) is 6.75. The molecule has 0 atom stereocenters. The van der Waals surface area contributed by atoms with Crippen molar-refractivity contribution in [2.75, 3.05) is 0 Å². The molecule has 0 spiro atoms. The number of aromatic nitrogens is 1. The smallest absolute Gasteiger partial charge is 0.304 e. The fourth-order valence-electron chi connectivity index (χ4n) is 1.68. The van der Waals surface area contributed by atoms with E-state index in [2.05, 4.69) is 9.71 Å². The van der Waals surface area contributed by atoms with E-state index in [1.807, 2.05) is 0 Å². The zero-order chi connectivity index (χ0) is 14.6. The summed E-state index contributed by atoms with van der Waals surface area (Å²) in [5.74, 6) is -0.171. The third-order valence-electron chi connectivity index (χ3n) is 2.58. The first-order valence-corrected chi connectivity index (χ1v) is 8.34. The number of hydrogen-bond acceptors (Lipinski definition) is 5. The van der Waals surface area contributed by atoms with E-state index in [4.69, 9.17) is 5.11 Å². The summed E-state index contributed by atoms with van der Waals surface area (Å²) in [5.41, 5.74) is 1.80. The monoisotopic (exact) mass is 314 g/mol. The van der Waals surface area contributed by atoms with Crippen LogP contribution in [0.3, 0.4) is 0 Å². The van der Waals surface area contributed by atoms with Gasteiger partial charge in [-0.15, -0.1) is 0 Å². The lowest BCUT2D eigenvalue weighted by molar-refractivity contribution is 0.282. The average Bonchev–Trinajstić information content (AvgIpc) is 2.82. The van der Waals surface area contributed by atoms with Crippen molar-refractivity contribution >= 4 is 21.4 Å². The molecule has 1 aromatic carbocycles. The maximum atomic E-state index is 11.9. The van der Waals surface area contributed by atoms with Gasteiger partial charge in [0, 0.05) is 11.1 Å². The number of thiazole rings is 1. The van der Waals surface area contributed by atoms with E-state index in [1.165, 1.54) is 0 Å². The van der Waals surface area contributed by atoms with Gasteiger partial charge in [-0.25, -0.2) is 13.1 Å². The first kappa shape index (κ1) is 14.9. The normalized spacial score (nSPS) is 11.7. The van der Waals surface area contributed by atoms with E-state index in [1.54, 1.807) is 29.6 Å². The highest BCUT2D eigenvalue weighted by atomic mass is 32.2. The van der Waals surface area contributed by atoms with Crippen LogP contribution in [0.2, 0.25) is 0 Å². The van der Waals surface area contributed by atoms with Crippen molar-refractivity contribution in [3.05, 3.63) is 56.1 Å². The van der Waals surface area contributed by atoms with Gasteiger partial charge in [0.05, 0.1) is 18.9 Å². The largest absolute Gasteiger partial charge is 0.392 e. The van der Waals surface area contributed by atoms with Gasteiger partial charge in [-0.2, -0.15) is 0 Å². The van der Waals surface area contributed by atoms with Gasteiger partial charge in [0.2, 0.25) is 10.0 Å². The van der Waals surface area contributed by atoms with E-state index in [9.17, 15) is 13.2 Å². The standard InChI is InChI=1S/C12H14N2O4S2/c15-6-9-2-1-3-10(4-9)8-20(17,18)13-5-11-7-19-12(16)14-11/h1-4,7,13,15H,5-6,8H2,(H,14,16). The van der Waals surface area contributed by atoms with Crippen LogP contribution in [0.15, 0.2) is 34.4 Å². The van der Waals surface area contributed by atoms with Gasteiger partial charge in [0.1, 0.15) is 0 Å². The molecule has 20 heavy (non-hydrogen) atoms. The van der Waals surface area contributed by atoms with Crippen molar-refractivity contribution in [1.82, 2.24) is 9.71 Å². The van der Waals surface area contributed by atoms with Crippen LogP contribution in [0.4, 0.5) is 0 Å². The molecule has 0 saturated heterocycles. The molecule has 8 heteroatoms. The lowest BCUT2D eigenvalue weighted by Crippen LogP contribution is -2.25. The molecule has 0 unspecified atom stereocenters. The molecule has 1 aromatic heterocycles. The second kappa shape index (κ2) is 6.31. The van der Waals surface area contributed by atoms with Crippen LogP contribution in [0.1, 0.15) is 16.8 Å². The fourth-order valence-corrected chi connectivity index (χ4v) is 3.35. The highest BCUT2D eigenvalue weighted by molar-refractivity contribution is 7.88. The fraction of sp³-hybridized carbons (Fsp3) is 0.250. The van der Waals surface area contributed by atoms with Gasteiger partial charge >= 0.3 is 4.87 Å². The lowest BCUT2D eigenvalue weighted by Gasteiger charge is -2.06. The summed E-state index contributed by atoms with van der Waals surface area (Å²) < 4.78 is 26.3. The first-order valence-electron chi connectivity index (χ1n) is 5.81. The van der Waals surface area contributed by atoms with Gasteiger partial charge in [0.25, 0.3) is 0 Å². The maximum absolute atomic E-state index is 11.9. The predicted molar refractivity (Wildman–Crippen MR) is 76.8 cm³/mol. The molecule has 1 heterocycles. The molecule has 3 N–H and O–H groups in total. The molecule has 0 bridgehead atoms. The summed E-state index contributed by atoms with van der Waals surface area (Å²) >= 11 is 0.990. The number of H-pyrrole nitrogens is 1. The number of sulfonamides is 1. The van der Waals surface area contributed by atoms with E-state index >= 15 is 0 Å². The minimum atomic E-state index is -3.50. The molecule has 2 rings (SSSR count). The third-order valence-corrected chi connectivity index (χ3v) is 4.60. The molecule has 0 fully saturated rings. The number of aliphatic hydroxyl groups is 1. The molecule has 0 aliphatic carbocycles. The number of benzene rings is 1. The van der Waals surface area contributed by atoms with Crippen molar-refractivity contribution in [3.63, 3.8) is 0 Å². The molecule has 0 amide bonds. The van der Waals surface area contributed by atoms with E-state index in [0.717, 1.165) is 11.3 Å². The minimum Gasteiger partial charge on any atom is -0.392 e. The molecular weight excluding hydrogens is 300 g/mol. The number of aliphatic hydroxyl groups excluding tert-OH is 1. The van der Waals surface area contributed by atoms with Gasteiger partial charge in [0.15, 0.2) is 0 Å². The van der Waals surface area contributed by atoms with Crippen LogP contribution in [-0.2, 0) is 28.9 Å². The molecule has 2 aromatic rings. The van der Waals surface area contributed by atoms with Crippen LogP contribution in [-0.4, -0.2) is 18.5 Å². The number of aromatic amines is 1. The Balaban J connectivity index is 2.01. The Morgan fingerprint density at radius 3 is 2.70 bits per heavy atom. The zero-order valence-corrected chi connectivity index (χ0v) is 12.1. The second-order valence-electron chi connectivity index (χ2n) is 4.23. The Labute approximate surface area is 120 Å². The average molecular weight is 314 g/mol. The van der Waals surface area contributed by atoms with Crippen molar-refractivity contribution in [1.29, 1.82) is 0 Å². The van der Waals surface area contributed by atoms with Crippen LogP contribution in [0, 0.1) is 0 Å². The first-order chi connectivity index (χ1) is 9.48. The Bertz CT molecular complexity index is 734. The Hall–Kier alpha value is -1.48. The molecular formula is C12H14N2O4S2. The van der Waals surface area contributed by atoms with Crippen molar-refractivity contribution in [3.8, 4) is 0 Å². The van der Waals surface area contributed by atoms with E-state index < -0.39 is 10.0 Å². The van der Waals surface area contributed by atoms with Gasteiger partial charge < -0.3 is 10.1 Å². The lowest BCUT2D eigenvalue weighted by atomic mass is 10.1. The van der Waals surface area contributed by atoms with Crippen LogP contribution in [0.5, 0.6) is 0 Å². The Kier molecular flexibility index (Phi) is 4.71. The summed E-state index contributed by atoms with van der Waals surface area (Å²) in [6.45, 7) is -0.0712. The van der Waals surface area contributed by atoms with Crippen molar-refractivity contribution < 1.29 is 13.5 Å². The quantitative estimate of drug-likeness (QED) is 0.725. The summed E-state index contributed by atoms with van der Waals surface area (Å²) in [6.07, 6.45) is 0.